The first-order valence-corrected chi connectivity index (χ1v) is 22.1. The molecule has 63 heavy (non-hydrogen) atoms. The summed E-state index contributed by atoms with van der Waals surface area (Å²) < 4.78 is 74.8. The standard InChI is InChI=1S/C42H45F2N11O7S/c1-4-50(2)63(59,60)49-34-8-6-31(43)38(30(34)19-45)62-27-5-7-33-28(15-27)40(57)55(24-46-33)26-18-42(61-23-26)10-13-52(14-11-42)20-25-21-53(22-25)36-17-35-29(16-32(36)44)39(48-51(35)3)54-12-9-37(56)47-41(54)58/h5-8,15-17,24-26,49H,4,9-14,18,20-23H2,1-3H3,(H,47,56,58)/t26-/m1/s1. The highest BCUT2D eigenvalue weighted by atomic mass is 32.2. The minimum atomic E-state index is -4.02. The Labute approximate surface area is 360 Å². The van der Waals surface area contributed by atoms with Crippen molar-refractivity contribution in [2.24, 2.45) is 13.0 Å². The van der Waals surface area contributed by atoms with Crippen molar-refractivity contribution in [3.63, 3.8) is 0 Å². The topological polar surface area (TPSA) is 200 Å². The van der Waals surface area contributed by atoms with Crippen LogP contribution >= 0.6 is 0 Å². The van der Waals surface area contributed by atoms with Gasteiger partial charge in [-0.05, 0) is 61.7 Å². The number of likely N-dealkylation sites (tertiary alicyclic amines) is 1. The Balaban J connectivity index is 0.820. The highest BCUT2D eigenvalue weighted by Crippen LogP contribution is 2.42. The molecule has 0 unspecified atom stereocenters. The number of amides is 3. The molecule has 4 saturated heterocycles. The second-order valence-corrected chi connectivity index (χ2v) is 18.4. The van der Waals surface area contributed by atoms with E-state index in [2.05, 4.69) is 25.0 Å². The van der Waals surface area contributed by atoms with Gasteiger partial charge in [0.25, 0.3) is 5.56 Å². The van der Waals surface area contributed by atoms with Crippen LogP contribution in [0.15, 0.2) is 53.6 Å². The number of hydrogen-bond donors (Lipinski definition) is 2. The number of aryl methyl sites for hydroxylation is 1. The van der Waals surface area contributed by atoms with Crippen molar-refractivity contribution < 1.29 is 36.3 Å². The number of nitrogens with one attached hydrogen (secondary N) is 2. The van der Waals surface area contributed by atoms with E-state index in [-0.39, 0.29) is 59.4 Å². The first-order chi connectivity index (χ1) is 30.2. The average molecular weight is 886 g/mol. The molecule has 0 saturated carbocycles. The van der Waals surface area contributed by atoms with E-state index in [9.17, 15) is 28.1 Å². The molecule has 4 fully saturated rings. The number of carbonyl (C=O) groups excluding carboxylic acids is 2. The van der Waals surface area contributed by atoms with Crippen LogP contribution < -0.4 is 30.1 Å². The van der Waals surface area contributed by atoms with E-state index in [1.54, 1.807) is 35.4 Å². The van der Waals surface area contributed by atoms with E-state index in [0.717, 1.165) is 48.9 Å². The van der Waals surface area contributed by atoms with Crippen LogP contribution in [0.25, 0.3) is 21.8 Å². The van der Waals surface area contributed by atoms with Crippen LogP contribution in [0.2, 0.25) is 0 Å². The van der Waals surface area contributed by atoms with Crippen molar-refractivity contribution in [3.8, 4) is 17.6 Å². The van der Waals surface area contributed by atoms with E-state index in [4.69, 9.17) is 9.47 Å². The molecule has 3 aromatic carbocycles. The van der Waals surface area contributed by atoms with Gasteiger partial charge in [0.1, 0.15) is 23.2 Å². The minimum Gasteiger partial charge on any atom is -0.453 e. The second kappa shape index (κ2) is 16.2. The summed E-state index contributed by atoms with van der Waals surface area (Å²) in [6.45, 7) is 6.14. The Hall–Kier alpha value is -6.21. The first kappa shape index (κ1) is 42.1. The zero-order chi connectivity index (χ0) is 44.4. The molecule has 5 aromatic rings. The number of ether oxygens (including phenoxy) is 2. The van der Waals surface area contributed by atoms with Crippen molar-refractivity contribution in [2.75, 3.05) is 74.0 Å². The predicted octanol–water partition coefficient (Wildman–Crippen LogP) is 4.21. The van der Waals surface area contributed by atoms with Crippen LogP contribution in [0.4, 0.5) is 30.8 Å². The van der Waals surface area contributed by atoms with Crippen molar-refractivity contribution >= 4 is 61.1 Å². The number of fused-ring (bicyclic) bond motifs is 2. The Morgan fingerprint density at radius 1 is 1.06 bits per heavy atom. The maximum atomic E-state index is 15.6. The van der Waals surface area contributed by atoms with Crippen LogP contribution in [-0.2, 0) is 26.8 Å². The molecule has 18 nitrogen and oxygen atoms in total. The number of rotatable bonds is 11. The number of nitrogens with zero attached hydrogens (tertiary/aromatic N) is 9. The third kappa shape index (κ3) is 7.81. The molecule has 0 radical (unpaired) electrons. The Bertz CT molecular complexity index is 2890. The number of carbonyl (C=O) groups is 2. The summed E-state index contributed by atoms with van der Waals surface area (Å²) in [4.78, 5) is 48.4. The van der Waals surface area contributed by atoms with Gasteiger partial charge in [-0.15, -0.1) is 0 Å². The van der Waals surface area contributed by atoms with Gasteiger partial charge in [-0.3, -0.25) is 33.8 Å². The summed E-state index contributed by atoms with van der Waals surface area (Å²) in [6.07, 6.45) is 3.83. The van der Waals surface area contributed by atoms with Gasteiger partial charge in [0.15, 0.2) is 17.4 Å². The van der Waals surface area contributed by atoms with Gasteiger partial charge >= 0.3 is 16.2 Å². The van der Waals surface area contributed by atoms with Gasteiger partial charge in [0.2, 0.25) is 5.91 Å². The van der Waals surface area contributed by atoms with Crippen LogP contribution in [0.1, 0.15) is 44.2 Å². The smallest absolute Gasteiger partial charge is 0.329 e. The van der Waals surface area contributed by atoms with Crippen LogP contribution in [0, 0.1) is 28.9 Å². The number of halogens is 2. The van der Waals surface area contributed by atoms with E-state index in [0.29, 0.717) is 60.0 Å². The summed E-state index contributed by atoms with van der Waals surface area (Å²) in [5.74, 6) is -1.44. The number of piperidine rings is 1. The molecule has 330 valence electrons. The molecule has 4 aliphatic rings. The number of imide groups is 1. The van der Waals surface area contributed by atoms with Crippen molar-refractivity contribution in [3.05, 3.63) is 76.3 Å². The molecule has 1 atom stereocenters. The monoisotopic (exact) mass is 885 g/mol. The van der Waals surface area contributed by atoms with Gasteiger partial charge in [0, 0.05) is 77.6 Å². The fourth-order valence-corrected chi connectivity index (χ4v) is 9.93. The molecule has 3 amide bonds. The lowest BCUT2D eigenvalue weighted by atomic mass is 9.86. The number of nitriles is 1. The number of urea groups is 1. The molecule has 2 aromatic heterocycles. The maximum absolute atomic E-state index is 15.6. The molecule has 2 N–H and O–H groups in total. The lowest BCUT2D eigenvalue weighted by Gasteiger charge is -2.45. The molecule has 0 bridgehead atoms. The molecule has 0 aliphatic carbocycles. The quantitative estimate of drug-likeness (QED) is 0.192. The molecular formula is C42H45F2N11O7S. The Morgan fingerprint density at radius 3 is 2.57 bits per heavy atom. The van der Waals surface area contributed by atoms with Crippen molar-refractivity contribution in [2.45, 2.75) is 44.2 Å². The zero-order valence-corrected chi connectivity index (χ0v) is 35.6. The number of anilines is 3. The molecule has 9 rings (SSSR count). The summed E-state index contributed by atoms with van der Waals surface area (Å²) in [5, 5.41) is 17.4. The van der Waals surface area contributed by atoms with Gasteiger partial charge in [-0.1, -0.05) is 6.92 Å². The maximum Gasteiger partial charge on any atom is 0.329 e. The lowest BCUT2D eigenvalue weighted by molar-refractivity contribution is -0.120. The summed E-state index contributed by atoms with van der Waals surface area (Å²) in [7, 11) is -0.920. The summed E-state index contributed by atoms with van der Waals surface area (Å²) in [5.41, 5.74) is 0.293. The minimum absolute atomic E-state index is 0.0555. The SMILES string of the molecule is CCN(C)S(=O)(=O)Nc1ccc(F)c(Oc2ccc3ncn([C@H]4COC5(CCN(CC6CN(c7cc8c(cc7F)c(N7CCC(=O)NC7=O)nn8C)C6)CC5)C4)c(=O)c3c2)c1C#N. The van der Waals surface area contributed by atoms with Gasteiger partial charge in [-0.25, -0.2) is 18.6 Å². The molecular weight excluding hydrogens is 841 g/mol. The Kier molecular flexibility index (Phi) is 10.8. The molecule has 6 heterocycles. The summed E-state index contributed by atoms with van der Waals surface area (Å²) in [6, 6.07) is 10.8. The van der Waals surface area contributed by atoms with E-state index in [1.165, 1.54) is 36.5 Å². The Morgan fingerprint density at radius 2 is 1.84 bits per heavy atom. The predicted molar refractivity (Wildman–Crippen MR) is 228 cm³/mol. The fraction of sp³-hybridized carbons (Fsp3) is 0.429. The molecule has 1 spiro atoms. The fourth-order valence-electron chi connectivity index (χ4n) is 8.99. The normalized spacial score (nSPS) is 19.5. The van der Waals surface area contributed by atoms with E-state index >= 15 is 8.78 Å². The number of aromatic nitrogens is 4. The highest BCUT2D eigenvalue weighted by Gasteiger charge is 2.44. The third-order valence-corrected chi connectivity index (χ3v) is 14.2. The molecule has 21 heteroatoms. The lowest BCUT2D eigenvalue weighted by Crippen LogP contribution is -2.54. The van der Waals surface area contributed by atoms with Crippen molar-refractivity contribution in [1.82, 2.24) is 33.9 Å². The molecule has 4 aliphatic heterocycles. The number of benzene rings is 3. The highest BCUT2D eigenvalue weighted by molar-refractivity contribution is 7.90. The van der Waals surface area contributed by atoms with Crippen LogP contribution in [0.3, 0.4) is 0 Å². The number of hydrogen-bond acceptors (Lipinski definition) is 12. The summed E-state index contributed by atoms with van der Waals surface area (Å²) >= 11 is 0. The second-order valence-electron chi connectivity index (χ2n) is 16.6. The zero-order valence-electron chi connectivity index (χ0n) is 34.8. The van der Waals surface area contributed by atoms with Crippen LogP contribution in [-0.4, -0.2) is 114 Å². The van der Waals surface area contributed by atoms with Gasteiger partial charge in [-0.2, -0.15) is 23.1 Å². The van der Waals surface area contributed by atoms with Crippen molar-refractivity contribution in [1.29, 1.82) is 5.26 Å². The third-order valence-electron chi connectivity index (χ3n) is 12.7. The van der Waals surface area contributed by atoms with Crippen LogP contribution in [0.5, 0.6) is 11.5 Å². The average Bonchev–Trinajstić information content (AvgIpc) is 3.80. The van der Waals surface area contributed by atoms with E-state index < -0.39 is 39.2 Å². The first-order valence-electron chi connectivity index (χ1n) is 20.7. The van der Waals surface area contributed by atoms with Gasteiger partial charge < -0.3 is 19.3 Å². The van der Waals surface area contributed by atoms with Gasteiger partial charge in [0.05, 0.1) is 52.4 Å². The van der Waals surface area contributed by atoms with E-state index in [1.807, 2.05) is 11.0 Å². The largest absolute Gasteiger partial charge is 0.453 e.